The smallest absolute Gasteiger partial charge is 0.119 e. The van der Waals surface area contributed by atoms with Crippen molar-refractivity contribution >= 4 is 17.2 Å². The molecule has 0 aliphatic rings. The summed E-state index contributed by atoms with van der Waals surface area (Å²) in [7, 11) is 1.64. The van der Waals surface area contributed by atoms with Crippen molar-refractivity contribution in [2.24, 2.45) is 5.73 Å². The van der Waals surface area contributed by atoms with Gasteiger partial charge in [-0.3, -0.25) is 0 Å². The quantitative estimate of drug-likeness (QED) is 0.575. The third kappa shape index (κ3) is 5.00. The number of aryl methyl sites for hydroxylation is 1. The number of ether oxygens (including phenoxy) is 3. The fourth-order valence-corrected chi connectivity index (χ4v) is 1.69. The molecule has 0 saturated carbocycles. The van der Waals surface area contributed by atoms with E-state index in [1.54, 1.807) is 7.11 Å². The molecule has 0 bridgehead atoms. The number of hydrogen-bond donors (Lipinski definition) is 1. The summed E-state index contributed by atoms with van der Waals surface area (Å²) in [6.45, 7) is 4.19. The molecule has 1 rings (SSSR count). The highest BCUT2D eigenvalue weighted by molar-refractivity contribution is 7.80. The molecule has 4 nitrogen and oxygen atoms in total. The van der Waals surface area contributed by atoms with Crippen molar-refractivity contribution in [1.29, 1.82) is 0 Å². The Hall–Kier alpha value is -1.17. The molecule has 0 unspecified atom stereocenters. The Balaban J connectivity index is 2.35. The fraction of sp³-hybridized carbons (Fsp3) is 0.462. The predicted molar refractivity (Wildman–Crippen MR) is 75.3 cm³/mol. The van der Waals surface area contributed by atoms with E-state index in [0.29, 0.717) is 31.4 Å². The minimum Gasteiger partial charge on any atom is -0.491 e. The lowest BCUT2D eigenvalue weighted by Crippen LogP contribution is -2.12. The van der Waals surface area contributed by atoms with E-state index >= 15 is 0 Å². The van der Waals surface area contributed by atoms with E-state index in [2.05, 4.69) is 0 Å². The van der Waals surface area contributed by atoms with Crippen LogP contribution in [0, 0.1) is 6.92 Å². The summed E-state index contributed by atoms with van der Waals surface area (Å²) in [4.78, 5) is 0.405. The third-order valence-corrected chi connectivity index (χ3v) is 2.61. The van der Waals surface area contributed by atoms with E-state index in [-0.39, 0.29) is 0 Å². The van der Waals surface area contributed by atoms with Crippen LogP contribution in [0.3, 0.4) is 0 Å². The van der Waals surface area contributed by atoms with Crippen LogP contribution < -0.4 is 10.5 Å². The van der Waals surface area contributed by atoms with Crippen molar-refractivity contribution in [3.63, 3.8) is 0 Å². The molecular weight excluding hydrogens is 250 g/mol. The molecule has 0 aliphatic heterocycles. The summed E-state index contributed by atoms with van der Waals surface area (Å²) in [5.74, 6) is 0.794. The first-order valence-corrected chi connectivity index (χ1v) is 6.16. The molecule has 1 aromatic carbocycles. The zero-order chi connectivity index (χ0) is 13.4. The predicted octanol–water partition coefficient (Wildman–Crippen LogP) is 1.67. The molecule has 0 spiro atoms. The lowest BCUT2D eigenvalue weighted by atomic mass is 10.1. The van der Waals surface area contributed by atoms with Crippen molar-refractivity contribution < 1.29 is 14.2 Å². The molecule has 0 fully saturated rings. The fourth-order valence-electron chi connectivity index (χ4n) is 1.47. The SMILES string of the molecule is COCCOCCOc1ccc(C(N)=S)c(C)c1. The normalized spacial score (nSPS) is 10.3. The van der Waals surface area contributed by atoms with Crippen molar-refractivity contribution in [1.82, 2.24) is 0 Å². The number of nitrogens with two attached hydrogens (primary N) is 1. The Morgan fingerprint density at radius 2 is 1.94 bits per heavy atom. The number of rotatable bonds is 8. The summed E-state index contributed by atoms with van der Waals surface area (Å²) in [6.07, 6.45) is 0. The van der Waals surface area contributed by atoms with Gasteiger partial charge < -0.3 is 19.9 Å². The Morgan fingerprint density at radius 1 is 1.22 bits per heavy atom. The Bertz CT molecular complexity index is 396. The molecule has 1 aromatic rings. The minimum atomic E-state index is 0.405. The number of hydrogen-bond acceptors (Lipinski definition) is 4. The molecule has 5 heteroatoms. The maximum absolute atomic E-state index is 5.59. The van der Waals surface area contributed by atoms with Crippen LogP contribution in [0.1, 0.15) is 11.1 Å². The van der Waals surface area contributed by atoms with E-state index in [1.165, 1.54) is 0 Å². The van der Waals surface area contributed by atoms with E-state index < -0.39 is 0 Å². The van der Waals surface area contributed by atoms with Crippen LogP contribution in [0.4, 0.5) is 0 Å². The first kappa shape index (κ1) is 14.9. The summed E-state index contributed by atoms with van der Waals surface area (Å²) >= 11 is 4.94. The van der Waals surface area contributed by atoms with Crippen molar-refractivity contribution in [3.05, 3.63) is 29.3 Å². The van der Waals surface area contributed by atoms with Gasteiger partial charge in [0.05, 0.1) is 19.8 Å². The molecule has 18 heavy (non-hydrogen) atoms. The van der Waals surface area contributed by atoms with Gasteiger partial charge in [0.2, 0.25) is 0 Å². The second kappa shape index (κ2) is 8.02. The topological polar surface area (TPSA) is 53.7 Å². The molecule has 0 saturated heterocycles. The largest absolute Gasteiger partial charge is 0.491 e. The summed E-state index contributed by atoms with van der Waals surface area (Å²) < 4.78 is 15.7. The monoisotopic (exact) mass is 269 g/mol. The van der Waals surface area contributed by atoms with Crippen LogP contribution in [-0.4, -0.2) is 38.5 Å². The Labute approximate surface area is 113 Å². The van der Waals surface area contributed by atoms with Crippen LogP contribution in [0.25, 0.3) is 0 Å². The molecule has 0 amide bonds. The van der Waals surface area contributed by atoms with E-state index in [9.17, 15) is 0 Å². The highest BCUT2D eigenvalue weighted by atomic mass is 32.1. The highest BCUT2D eigenvalue weighted by Gasteiger charge is 2.03. The average molecular weight is 269 g/mol. The molecule has 0 aliphatic carbocycles. The molecule has 100 valence electrons. The van der Waals surface area contributed by atoms with Gasteiger partial charge in [-0.2, -0.15) is 0 Å². The lowest BCUT2D eigenvalue weighted by molar-refractivity contribution is 0.0544. The van der Waals surface area contributed by atoms with Gasteiger partial charge in [-0.1, -0.05) is 12.2 Å². The van der Waals surface area contributed by atoms with Gasteiger partial charge in [-0.15, -0.1) is 0 Å². The van der Waals surface area contributed by atoms with E-state index in [1.807, 2.05) is 25.1 Å². The zero-order valence-electron chi connectivity index (χ0n) is 10.8. The van der Waals surface area contributed by atoms with Crippen molar-refractivity contribution in [2.45, 2.75) is 6.92 Å². The number of thiocarbonyl (C=S) groups is 1. The molecule has 0 aromatic heterocycles. The minimum absolute atomic E-state index is 0.405. The molecule has 0 radical (unpaired) electrons. The van der Waals surface area contributed by atoms with Gasteiger partial charge in [-0.25, -0.2) is 0 Å². The van der Waals surface area contributed by atoms with Gasteiger partial charge in [0.25, 0.3) is 0 Å². The maximum Gasteiger partial charge on any atom is 0.119 e. The van der Waals surface area contributed by atoms with Crippen LogP contribution in [0.2, 0.25) is 0 Å². The zero-order valence-corrected chi connectivity index (χ0v) is 11.6. The van der Waals surface area contributed by atoms with Crippen LogP contribution >= 0.6 is 12.2 Å². The van der Waals surface area contributed by atoms with Gasteiger partial charge in [0.1, 0.15) is 17.3 Å². The van der Waals surface area contributed by atoms with Gasteiger partial charge >= 0.3 is 0 Å². The van der Waals surface area contributed by atoms with Crippen LogP contribution in [0.15, 0.2) is 18.2 Å². The standard InChI is InChI=1S/C13H19NO3S/c1-10-9-11(3-4-12(10)13(14)18)17-8-7-16-6-5-15-2/h3-4,9H,5-8H2,1-2H3,(H2,14,18). The molecule has 2 N–H and O–H groups in total. The second-order valence-electron chi connectivity index (χ2n) is 3.79. The second-order valence-corrected chi connectivity index (χ2v) is 4.23. The van der Waals surface area contributed by atoms with Gasteiger partial charge in [-0.05, 0) is 30.7 Å². The van der Waals surface area contributed by atoms with Crippen LogP contribution in [-0.2, 0) is 9.47 Å². The summed E-state index contributed by atoms with van der Waals surface area (Å²) in [5, 5.41) is 0. The van der Waals surface area contributed by atoms with Gasteiger partial charge in [0.15, 0.2) is 0 Å². The highest BCUT2D eigenvalue weighted by Crippen LogP contribution is 2.17. The molecule has 0 heterocycles. The summed E-state index contributed by atoms with van der Waals surface area (Å²) in [5.41, 5.74) is 7.49. The molecular formula is C13H19NO3S. The van der Waals surface area contributed by atoms with Gasteiger partial charge in [0, 0.05) is 12.7 Å². The first-order chi connectivity index (χ1) is 8.65. The van der Waals surface area contributed by atoms with Crippen LogP contribution in [0.5, 0.6) is 5.75 Å². The van der Waals surface area contributed by atoms with E-state index in [0.717, 1.165) is 16.9 Å². The first-order valence-electron chi connectivity index (χ1n) is 5.75. The van der Waals surface area contributed by atoms with E-state index in [4.69, 9.17) is 32.2 Å². The summed E-state index contributed by atoms with van der Waals surface area (Å²) in [6, 6.07) is 5.65. The third-order valence-electron chi connectivity index (χ3n) is 2.39. The number of methoxy groups -OCH3 is 1. The number of benzene rings is 1. The maximum atomic E-state index is 5.59. The Kier molecular flexibility index (Phi) is 6.64. The lowest BCUT2D eigenvalue weighted by Gasteiger charge is -2.09. The average Bonchev–Trinajstić information content (AvgIpc) is 2.33. The molecule has 0 atom stereocenters. The van der Waals surface area contributed by atoms with Crippen molar-refractivity contribution in [3.8, 4) is 5.75 Å². The Morgan fingerprint density at radius 3 is 2.56 bits per heavy atom. The van der Waals surface area contributed by atoms with Crippen molar-refractivity contribution in [2.75, 3.05) is 33.5 Å².